The number of nitrogens with zero attached hydrogens (tertiary/aromatic N) is 2. The molecule has 1 unspecified atom stereocenters. The van der Waals surface area contributed by atoms with Crippen molar-refractivity contribution in [2.24, 2.45) is 7.05 Å². The Balaban J connectivity index is 2.19. The molecule has 4 heteroatoms. The first kappa shape index (κ1) is 11.6. The fourth-order valence-electron chi connectivity index (χ4n) is 1.27. The van der Waals surface area contributed by atoms with Crippen molar-refractivity contribution in [2.75, 3.05) is 12.3 Å². The topological polar surface area (TPSA) is 29.9 Å². The number of aromatic nitrogens is 2. The van der Waals surface area contributed by atoms with Crippen LogP contribution >= 0.6 is 11.8 Å². The molecule has 0 bridgehead atoms. The molecular formula is C10H19N3S. The summed E-state index contributed by atoms with van der Waals surface area (Å²) in [4.78, 5) is 4.26. The van der Waals surface area contributed by atoms with Gasteiger partial charge in [0.1, 0.15) is 0 Å². The van der Waals surface area contributed by atoms with Crippen LogP contribution in [0.4, 0.5) is 0 Å². The molecule has 0 aromatic carbocycles. The van der Waals surface area contributed by atoms with Crippen LogP contribution in [0.3, 0.4) is 0 Å². The lowest BCUT2D eigenvalue weighted by atomic mass is 10.3. The largest absolute Gasteiger partial charge is 0.329 e. The second-order valence-corrected chi connectivity index (χ2v) is 4.48. The van der Waals surface area contributed by atoms with E-state index in [0.717, 1.165) is 17.5 Å². The second kappa shape index (κ2) is 6.09. The molecule has 0 saturated carbocycles. The first-order valence-corrected chi connectivity index (χ1v) is 6.06. The third kappa shape index (κ3) is 3.72. The van der Waals surface area contributed by atoms with E-state index in [1.165, 1.54) is 6.42 Å². The Morgan fingerprint density at radius 3 is 3.00 bits per heavy atom. The van der Waals surface area contributed by atoms with Crippen molar-refractivity contribution in [3.05, 3.63) is 12.4 Å². The van der Waals surface area contributed by atoms with Crippen LogP contribution in [-0.2, 0) is 7.05 Å². The van der Waals surface area contributed by atoms with Gasteiger partial charge in [0.2, 0.25) is 0 Å². The molecule has 0 aliphatic rings. The zero-order chi connectivity index (χ0) is 10.4. The quantitative estimate of drug-likeness (QED) is 0.732. The normalized spacial score (nSPS) is 13.1. The lowest BCUT2D eigenvalue weighted by Gasteiger charge is -2.10. The van der Waals surface area contributed by atoms with Gasteiger partial charge in [0, 0.05) is 31.2 Å². The zero-order valence-corrected chi connectivity index (χ0v) is 9.97. The molecule has 0 saturated heterocycles. The summed E-state index contributed by atoms with van der Waals surface area (Å²) >= 11 is 1.82. The Bertz CT molecular complexity index is 260. The number of nitrogens with one attached hydrogen (secondary N) is 1. The molecule has 1 aromatic heterocycles. The first-order valence-electron chi connectivity index (χ1n) is 5.07. The van der Waals surface area contributed by atoms with Crippen LogP contribution in [0.5, 0.6) is 0 Å². The highest BCUT2D eigenvalue weighted by Gasteiger charge is 2.02. The van der Waals surface area contributed by atoms with Gasteiger partial charge in [-0.25, -0.2) is 4.98 Å². The Morgan fingerprint density at radius 2 is 2.43 bits per heavy atom. The average molecular weight is 213 g/mol. The minimum absolute atomic E-state index is 0.604. The predicted molar refractivity (Wildman–Crippen MR) is 61.7 cm³/mol. The van der Waals surface area contributed by atoms with Gasteiger partial charge >= 0.3 is 0 Å². The van der Waals surface area contributed by atoms with Crippen molar-refractivity contribution in [3.63, 3.8) is 0 Å². The molecule has 1 atom stereocenters. The van der Waals surface area contributed by atoms with E-state index in [1.54, 1.807) is 0 Å². The van der Waals surface area contributed by atoms with Crippen molar-refractivity contribution in [1.82, 2.24) is 14.9 Å². The van der Waals surface area contributed by atoms with Crippen molar-refractivity contribution in [2.45, 2.75) is 31.5 Å². The number of imidazole rings is 1. The average Bonchev–Trinajstić information content (AvgIpc) is 2.52. The summed E-state index contributed by atoms with van der Waals surface area (Å²) in [6.45, 7) is 5.42. The van der Waals surface area contributed by atoms with Gasteiger partial charge in [0.05, 0.1) is 0 Å². The molecule has 1 aromatic rings. The Morgan fingerprint density at radius 1 is 1.64 bits per heavy atom. The van der Waals surface area contributed by atoms with Crippen LogP contribution in [0.25, 0.3) is 0 Å². The van der Waals surface area contributed by atoms with Gasteiger partial charge in [0.15, 0.2) is 5.16 Å². The maximum atomic E-state index is 4.26. The maximum Gasteiger partial charge on any atom is 0.167 e. The third-order valence-electron chi connectivity index (χ3n) is 2.11. The highest BCUT2D eigenvalue weighted by molar-refractivity contribution is 7.99. The Kier molecular flexibility index (Phi) is 5.04. The smallest absolute Gasteiger partial charge is 0.167 e. The van der Waals surface area contributed by atoms with Crippen LogP contribution in [0.15, 0.2) is 17.6 Å². The van der Waals surface area contributed by atoms with Crippen molar-refractivity contribution >= 4 is 11.8 Å². The van der Waals surface area contributed by atoms with Crippen molar-refractivity contribution in [3.8, 4) is 0 Å². The Hall–Kier alpha value is -0.480. The van der Waals surface area contributed by atoms with Gasteiger partial charge in [-0.2, -0.15) is 0 Å². The summed E-state index contributed by atoms with van der Waals surface area (Å²) in [5.41, 5.74) is 0. The van der Waals surface area contributed by atoms with Crippen LogP contribution in [0.1, 0.15) is 20.3 Å². The third-order valence-corrected chi connectivity index (χ3v) is 3.20. The van der Waals surface area contributed by atoms with Crippen LogP contribution in [-0.4, -0.2) is 27.9 Å². The van der Waals surface area contributed by atoms with Gasteiger partial charge in [0.25, 0.3) is 0 Å². The van der Waals surface area contributed by atoms with Crippen molar-refractivity contribution in [1.29, 1.82) is 0 Å². The molecule has 0 aliphatic heterocycles. The standard InChI is InChI=1S/C10H19N3S/c1-4-11-9(2)5-8-14-10-12-6-7-13(10)3/h6-7,9,11H,4-5,8H2,1-3H3. The summed E-state index contributed by atoms with van der Waals surface area (Å²) in [7, 11) is 2.03. The van der Waals surface area contributed by atoms with E-state index in [2.05, 4.69) is 28.7 Å². The molecule has 0 radical (unpaired) electrons. The van der Waals surface area contributed by atoms with Crippen molar-refractivity contribution < 1.29 is 0 Å². The number of hydrogen-bond donors (Lipinski definition) is 1. The van der Waals surface area contributed by atoms with Gasteiger partial charge < -0.3 is 9.88 Å². The summed E-state index contributed by atoms with van der Waals surface area (Å²) in [5.74, 6) is 1.12. The summed E-state index contributed by atoms with van der Waals surface area (Å²) in [5, 5.41) is 4.50. The van der Waals surface area contributed by atoms with Crippen LogP contribution < -0.4 is 5.32 Å². The fraction of sp³-hybridized carbons (Fsp3) is 0.700. The van der Waals surface area contributed by atoms with E-state index in [1.807, 2.05) is 31.2 Å². The first-order chi connectivity index (χ1) is 6.74. The SMILES string of the molecule is CCNC(C)CCSc1nccn1C. The minimum atomic E-state index is 0.604. The molecule has 14 heavy (non-hydrogen) atoms. The van der Waals surface area contributed by atoms with Crippen LogP contribution in [0.2, 0.25) is 0 Å². The van der Waals surface area contributed by atoms with Gasteiger partial charge in [-0.3, -0.25) is 0 Å². The van der Waals surface area contributed by atoms with E-state index >= 15 is 0 Å². The number of aryl methyl sites for hydroxylation is 1. The van der Waals surface area contributed by atoms with Gasteiger partial charge in [-0.15, -0.1) is 0 Å². The molecule has 0 fully saturated rings. The van der Waals surface area contributed by atoms with E-state index < -0.39 is 0 Å². The molecule has 1 heterocycles. The van der Waals surface area contributed by atoms with Gasteiger partial charge in [-0.05, 0) is 19.9 Å². The molecule has 0 spiro atoms. The van der Waals surface area contributed by atoms with Gasteiger partial charge in [-0.1, -0.05) is 18.7 Å². The highest BCUT2D eigenvalue weighted by Crippen LogP contribution is 2.15. The number of rotatable bonds is 6. The van der Waals surface area contributed by atoms with E-state index in [-0.39, 0.29) is 0 Å². The van der Waals surface area contributed by atoms with E-state index in [0.29, 0.717) is 6.04 Å². The highest BCUT2D eigenvalue weighted by atomic mass is 32.2. The fourth-order valence-corrected chi connectivity index (χ4v) is 2.32. The molecular weight excluding hydrogens is 194 g/mol. The Labute approximate surface area is 90.3 Å². The number of thioether (sulfide) groups is 1. The maximum absolute atomic E-state index is 4.26. The molecule has 1 N–H and O–H groups in total. The number of hydrogen-bond acceptors (Lipinski definition) is 3. The summed E-state index contributed by atoms with van der Waals surface area (Å²) in [6, 6.07) is 0.604. The van der Waals surface area contributed by atoms with E-state index in [9.17, 15) is 0 Å². The summed E-state index contributed by atoms with van der Waals surface area (Å²) < 4.78 is 2.06. The monoisotopic (exact) mass is 213 g/mol. The lowest BCUT2D eigenvalue weighted by Crippen LogP contribution is -2.25. The van der Waals surface area contributed by atoms with E-state index in [4.69, 9.17) is 0 Å². The molecule has 3 nitrogen and oxygen atoms in total. The minimum Gasteiger partial charge on any atom is -0.329 e. The summed E-state index contributed by atoms with van der Waals surface area (Å²) in [6.07, 6.45) is 5.01. The molecule has 1 rings (SSSR count). The van der Waals surface area contributed by atoms with Crippen LogP contribution in [0, 0.1) is 0 Å². The predicted octanol–water partition coefficient (Wildman–Crippen LogP) is 1.90. The molecule has 0 amide bonds. The lowest BCUT2D eigenvalue weighted by molar-refractivity contribution is 0.556. The second-order valence-electron chi connectivity index (χ2n) is 3.42. The zero-order valence-electron chi connectivity index (χ0n) is 9.16. The molecule has 80 valence electrons. The molecule has 0 aliphatic carbocycles.